The van der Waals surface area contributed by atoms with Gasteiger partial charge in [-0.1, -0.05) is 0 Å². The minimum Gasteiger partial charge on any atom is -0.484 e. The Hall–Kier alpha value is -3.92. The molecule has 0 saturated carbocycles. The van der Waals surface area contributed by atoms with E-state index in [9.17, 15) is 14.9 Å². The lowest BCUT2D eigenvalue weighted by molar-refractivity contribution is -0.385. The van der Waals surface area contributed by atoms with Crippen LogP contribution in [0.1, 0.15) is 0 Å². The molecule has 2 aromatic carbocycles. The first-order chi connectivity index (χ1) is 14.0. The van der Waals surface area contributed by atoms with Crippen molar-refractivity contribution in [3.8, 4) is 17.2 Å². The minimum absolute atomic E-state index is 0.0910. The SMILES string of the molecule is COCCOc1cc2nccc(Oc3ccc(NC(=O)O)cc3)c2cc1[N+](=O)[O-]. The Bertz CT molecular complexity index is 1040. The Morgan fingerprint density at radius 2 is 1.93 bits per heavy atom. The number of fused-ring (bicyclic) bond motifs is 1. The van der Waals surface area contributed by atoms with E-state index in [-0.39, 0.29) is 18.0 Å². The maximum Gasteiger partial charge on any atom is 0.409 e. The number of pyridine rings is 1. The zero-order valence-electron chi connectivity index (χ0n) is 15.3. The van der Waals surface area contributed by atoms with Crippen molar-refractivity contribution in [1.29, 1.82) is 0 Å². The van der Waals surface area contributed by atoms with E-state index in [2.05, 4.69) is 10.3 Å². The number of rotatable bonds is 8. The molecule has 29 heavy (non-hydrogen) atoms. The smallest absolute Gasteiger partial charge is 0.409 e. The van der Waals surface area contributed by atoms with Gasteiger partial charge in [0, 0.05) is 31.1 Å². The first kappa shape index (κ1) is 19.8. The van der Waals surface area contributed by atoms with Crippen LogP contribution in [-0.4, -0.2) is 41.4 Å². The molecular formula is C19H17N3O7. The Morgan fingerprint density at radius 3 is 2.59 bits per heavy atom. The van der Waals surface area contributed by atoms with Gasteiger partial charge in [-0.2, -0.15) is 0 Å². The van der Waals surface area contributed by atoms with Gasteiger partial charge < -0.3 is 19.3 Å². The van der Waals surface area contributed by atoms with Gasteiger partial charge in [0.1, 0.15) is 18.1 Å². The van der Waals surface area contributed by atoms with Crippen molar-refractivity contribution in [2.45, 2.75) is 0 Å². The monoisotopic (exact) mass is 399 g/mol. The largest absolute Gasteiger partial charge is 0.484 e. The highest BCUT2D eigenvalue weighted by atomic mass is 16.6. The summed E-state index contributed by atoms with van der Waals surface area (Å²) in [7, 11) is 1.51. The third kappa shape index (κ3) is 4.87. The standard InChI is InChI=1S/C19H17N3O7/c1-27-8-9-28-18-11-15-14(10-16(18)22(25)26)17(6-7-20-15)29-13-4-2-12(3-5-13)21-19(23)24/h2-7,10-11,21H,8-9H2,1H3,(H,23,24). The zero-order chi connectivity index (χ0) is 20.8. The molecule has 1 amide bonds. The van der Waals surface area contributed by atoms with Crippen molar-refractivity contribution >= 4 is 28.4 Å². The topological polar surface area (TPSA) is 133 Å². The van der Waals surface area contributed by atoms with Gasteiger partial charge in [-0.25, -0.2) is 4.79 Å². The Labute approximate surface area is 164 Å². The molecule has 2 N–H and O–H groups in total. The molecule has 0 unspecified atom stereocenters. The number of carbonyl (C=O) groups is 1. The highest BCUT2D eigenvalue weighted by Gasteiger charge is 2.19. The quantitative estimate of drug-likeness (QED) is 0.329. The fourth-order valence-electron chi connectivity index (χ4n) is 2.58. The number of hydrogen-bond donors (Lipinski definition) is 2. The Balaban J connectivity index is 1.93. The average molecular weight is 399 g/mol. The van der Waals surface area contributed by atoms with E-state index in [1.54, 1.807) is 18.2 Å². The molecule has 0 bridgehead atoms. The number of hydrogen-bond acceptors (Lipinski definition) is 7. The molecule has 0 fully saturated rings. The van der Waals surface area contributed by atoms with Crippen LogP contribution < -0.4 is 14.8 Å². The van der Waals surface area contributed by atoms with E-state index >= 15 is 0 Å². The molecule has 0 radical (unpaired) electrons. The summed E-state index contributed by atoms with van der Waals surface area (Å²) in [5, 5.41) is 22.9. The van der Waals surface area contributed by atoms with Crippen LogP contribution in [0.2, 0.25) is 0 Å². The lowest BCUT2D eigenvalue weighted by Gasteiger charge is -2.11. The molecule has 0 aliphatic rings. The predicted molar refractivity (Wildman–Crippen MR) is 104 cm³/mol. The molecule has 10 heteroatoms. The number of carboxylic acid groups (broad SMARTS) is 1. The molecule has 1 aromatic heterocycles. The van der Waals surface area contributed by atoms with Crippen LogP contribution in [0.4, 0.5) is 16.2 Å². The summed E-state index contributed by atoms with van der Waals surface area (Å²) in [6.07, 6.45) is 0.345. The first-order valence-electron chi connectivity index (χ1n) is 8.44. The van der Waals surface area contributed by atoms with Gasteiger partial charge in [0.05, 0.1) is 22.4 Å². The highest BCUT2D eigenvalue weighted by molar-refractivity contribution is 5.89. The number of nitrogens with zero attached hydrogens (tertiary/aromatic N) is 2. The van der Waals surface area contributed by atoms with Crippen molar-refractivity contribution in [3.05, 3.63) is 58.8 Å². The number of nitrogens with one attached hydrogen (secondary N) is 1. The Kier molecular flexibility index (Phi) is 6.05. The third-order valence-electron chi connectivity index (χ3n) is 3.86. The van der Waals surface area contributed by atoms with Crippen molar-refractivity contribution in [2.75, 3.05) is 25.6 Å². The fraction of sp³-hybridized carbons (Fsp3) is 0.158. The summed E-state index contributed by atoms with van der Waals surface area (Å²) < 4.78 is 16.2. The van der Waals surface area contributed by atoms with E-state index in [1.807, 2.05) is 0 Å². The molecule has 0 aliphatic carbocycles. The summed E-state index contributed by atoms with van der Waals surface area (Å²) in [6.45, 7) is 0.453. The van der Waals surface area contributed by atoms with Gasteiger partial charge in [-0.05, 0) is 30.3 Å². The van der Waals surface area contributed by atoms with E-state index < -0.39 is 11.0 Å². The van der Waals surface area contributed by atoms with Crippen LogP contribution in [0.5, 0.6) is 17.2 Å². The summed E-state index contributed by atoms with van der Waals surface area (Å²) in [4.78, 5) is 25.8. The van der Waals surface area contributed by atoms with Crippen LogP contribution in [0.3, 0.4) is 0 Å². The van der Waals surface area contributed by atoms with E-state index in [1.165, 1.54) is 37.6 Å². The van der Waals surface area contributed by atoms with Gasteiger partial charge in [0.15, 0.2) is 5.75 Å². The number of nitro benzene ring substituents is 1. The molecular weight excluding hydrogens is 382 g/mol. The van der Waals surface area contributed by atoms with Gasteiger partial charge in [-0.15, -0.1) is 0 Å². The second-order valence-corrected chi connectivity index (χ2v) is 5.80. The second-order valence-electron chi connectivity index (χ2n) is 5.80. The average Bonchev–Trinajstić information content (AvgIpc) is 2.69. The Morgan fingerprint density at radius 1 is 1.17 bits per heavy atom. The molecule has 0 atom stereocenters. The molecule has 0 aliphatic heterocycles. The van der Waals surface area contributed by atoms with Crippen LogP contribution in [0, 0.1) is 10.1 Å². The number of benzene rings is 2. The van der Waals surface area contributed by atoms with Crippen molar-refractivity contribution in [1.82, 2.24) is 4.98 Å². The van der Waals surface area contributed by atoms with E-state index in [0.29, 0.717) is 34.7 Å². The lowest BCUT2D eigenvalue weighted by atomic mass is 10.1. The van der Waals surface area contributed by atoms with Crippen LogP contribution >= 0.6 is 0 Å². The van der Waals surface area contributed by atoms with E-state index in [4.69, 9.17) is 19.3 Å². The van der Waals surface area contributed by atoms with Crippen molar-refractivity contribution in [3.63, 3.8) is 0 Å². The lowest BCUT2D eigenvalue weighted by Crippen LogP contribution is -2.06. The predicted octanol–water partition coefficient (Wildman–Crippen LogP) is 4.05. The van der Waals surface area contributed by atoms with Gasteiger partial charge in [0.2, 0.25) is 0 Å². The summed E-state index contributed by atoms with van der Waals surface area (Å²) in [6, 6.07) is 10.6. The maximum atomic E-state index is 11.5. The van der Waals surface area contributed by atoms with Gasteiger partial charge in [0.25, 0.3) is 0 Å². The third-order valence-corrected chi connectivity index (χ3v) is 3.86. The molecule has 150 valence electrons. The maximum absolute atomic E-state index is 11.5. The van der Waals surface area contributed by atoms with Crippen LogP contribution in [0.15, 0.2) is 48.7 Å². The number of anilines is 1. The van der Waals surface area contributed by atoms with Crippen molar-refractivity contribution < 1.29 is 29.0 Å². The van der Waals surface area contributed by atoms with Crippen LogP contribution in [0.25, 0.3) is 10.9 Å². The van der Waals surface area contributed by atoms with Gasteiger partial charge in [-0.3, -0.25) is 20.4 Å². The zero-order valence-corrected chi connectivity index (χ0v) is 15.3. The summed E-state index contributed by atoms with van der Waals surface area (Å²) in [5.41, 5.74) is 0.634. The molecule has 0 saturated heterocycles. The number of nitro groups is 1. The number of ether oxygens (including phenoxy) is 3. The molecule has 3 rings (SSSR count). The number of amides is 1. The van der Waals surface area contributed by atoms with Crippen LogP contribution in [-0.2, 0) is 4.74 Å². The molecule has 10 nitrogen and oxygen atoms in total. The normalized spacial score (nSPS) is 10.5. The van der Waals surface area contributed by atoms with Crippen molar-refractivity contribution in [2.24, 2.45) is 0 Å². The molecule has 0 spiro atoms. The number of aromatic nitrogens is 1. The minimum atomic E-state index is -1.17. The summed E-state index contributed by atoms with van der Waals surface area (Å²) in [5.74, 6) is 0.880. The molecule has 3 aromatic rings. The molecule has 1 heterocycles. The first-order valence-corrected chi connectivity index (χ1v) is 8.44. The van der Waals surface area contributed by atoms with E-state index in [0.717, 1.165) is 0 Å². The number of methoxy groups -OCH3 is 1. The summed E-state index contributed by atoms with van der Waals surface area (Å²) >= 11 is 0. The highest BCUT2D eigenvalue weighted by Crippen LogP contribution is 2.37. The van der Waals surface area contributed by atoms with Gasteiger partial charge >= 0.3 is 11.8 Å². The fourth-order valence-corrected chi connectivity index (χ4v) is 2.58. The second kappa shape index (κ2) is 8.85.